The van der Waals surface area contributed by atoms with E-state index in [-0.39, 0.29) is 16.5 Å². The summed E-state index contributed by atoms with van der Waals surface area (Å²) in [5.41, 5.74) is 1.86. The fourth-order valence-electron chi connectivity index (χ4n) is 2.66. The Morgan fingerprint density at radius 3 is 2.37 bits per heavy atom. The van der Waals surface area contributed by atoms with Gasteiger partial charge in [-0.05, 0) is 54.8 Å². The molecule has 3 rings (SSSR count). The fourth-order valence-corrected chi connectivity index (χ4v) is 3.82. The highest BCUT2D eigenvalue weighted by Crippen LogP contribution is 2.22. The van der Waals surface area contributed by atoms with Gasteiger partial charge in [-0.3, -0.25) is 0 Å². The highest BCUT2D eigenvalue weighted by molar-refractivity contribution is 7.90. The van der Waals surface area contributed by atoms with E-state index < -0.39 is 9.84 Å². The summed E-state index contributed by atoms with van der Waals surface area (Å²) in [7, 11) is -1.96. The van der Waals surface area contributed by atoms with Crippen molar-refractivity contribution in [2.75, 3.05) is 7.11 Å². The molecule has 2 aromatic carbocycles. The summed E-state index contributed by atoms with van der Waals surface area (Å²) in [5, 5.41) is 3.88. The van der Waals surface area contributed by atoms with E-state index in [4.69, 9.17) is 9.26 Å². The molecule has 6 nitrogen and oxygen atoms in total. The van der Waals surface area contributed by atoms with E-state index in [1.165, 1.54) is 0 Å². The Balaban J connectivity index is 1.73. The second-order valence-electron chi connectivity index (χ2n) is 6.25. The third-order valence-electron chi connectivity index (χ3n) is 4.23. The van der Waals surface area contributed by atoms with Crippen molar-refractivity contribution in [3.8, 4) is 17.1 Å². The maximum absolute atomic E-state index is 12.6. The van der Waals surface area contributed by atoms with Crippen LogP contribution in [0, 0.1) is 0 Å². The van der Waals surface area contributed by atoms with E-state index in [0.29, 0.717) is 11.6 Å². The first-order valence-electron chi connectivity index (χ1n) is 8.80. The predicted molar refractivity (Wildman–Crippen MR) is 102 cm³/mol. The van der Waals surface area contributed by atoms with Gasteiger partial charge in [0.25, 0.3) is 0 Å². The fraction of sp³-hybridized carbons (Fsp3) is 0.300. The molecule has 7 heteroatoms. The number of hydrogen-bond acceptors (Lipinski definition) is 6. The van der Waals surface area contributed by atoms with Crippen molar-refractivity contribution in [2.24, 2.45) is 0 Å². The summed E-state index contributed by atoms with van der Waals surface area (Å²) in [6, 6.07) is 14.1. The lowest BCUT2D eigenvalue weighted by Gasteiger charge is -2.04. The minimum atomic E-state index is -3.55. The van der Waals surface area contributed by atoms with Crippen molar-refractivity contribution in [1.82, 2.24) is 10.1 Å². The Hall–Kier alpha value is -2.67. The van der Waals surface area contributed by atoms with E-state index >= 15 is 0 Å². The average molecular weight is 386 g/mol. The summed E-state index contributed by atoms with van der Waals surface area (Å²) in [6.07, 6.45) is 3.14. The summed E-state index contributed by atoms with van der Waals surface area (Å²) in [5.74, 6) is 0.797. The third-order valence-corrected chi connectivity index (χ3v) is 5.85. The van der Waals surface area contributed by atoms with Crippen LogP contribution in [0.15, 0.2) is 57.9 Å². The third kappa shape index (κ3) is 4.74. The molecule has 142 valence electrons. The molecule has 0 saturated carbocycles. The number of hydrogen-bond donors (Lipinski definition) is 0. The van der Waals surface area contributed by atoms with Crippen LogP contribution >= 0.6 is 0 Å². The average Bonchev–Trinajstić information content (AvgIpc) is 3.14. The summed E-state index contributed by atoms with van der Waals surface area (Å²) >= 11 is 0. The number of rotatable bonds is 8. The molecule has 0 fully saturated rings. The van der Waals surface area contributed by atoms with Crippen LogP contribution in [0.5, 0.6) is 5.75 Å². The van der Waals surface area contributed by atoms with Crippen molar-refractivity contribution in [3.63, 3.8) is 0 Å². The summed E-state index contributed by atoms with van der Waals surface area (Å²) in [6.45, 7) is 2.13. The van der Waals surface area contributed by atoms with Crippen LogP contribution in [0.4, 0.5) is 0 Å². The smallest absolute Gasteiger partial charge is 0.242 e. The normalized spacial score (nSPS) is 11.5. The SMILES string of the molecule is CCCCc1ccc(S(=O)(=O)Cc2nc(-c3ccc(OC)cc3)no2)cc1. The van der Waals surface area contributed by atoms with E-state index in [1.807, 2.05) is 12.1 Å². The van der Waals surface area contributed by atoms with Crippen LogP contribution < -0.4 is 4.74 Å². The van der Waals surface area contributed by atoms with E-state index in [9.17, 15) is 8.42 Å². The number of aryl methyl sites for hydroxylation is 1. The van der Waals surface area contributed by atoms with Crippen molar-refractivity contribution in [3.05, 3.63) is 60.0 Å². The molecule has 0 atom stereocenters. The lowest BCUT2D eigenvalue weighted by molar-refractivity contribution is 0.389. The number of aromatic nitrogens is 2. The Morgan fingerprint density at radius 1 is 1.04 bits per heavy atom. The van der Waals surface area contributed by atoms with Gasteiger partial charge in [0.2, 0.25) is 11.7 Å². The standard InChI is InChI=1S/C20H22N2O4S/c1-3-4-5-15-6-12-18(13-7-15)27(23,24)14-19-21-20(22-26-19)16-8-10-17(25-2)11-9-16/h6-13H,3-5,14H2,1-2H3. The molecule has 0 radical (unpaired) electrons. The molecule has 0 unspecified atom stereocenters. The molecule has 0 aliphatic carbocycles. The van der Waals surface area contributed by atoms with Gasteiger partial charge in [0.15, 0.2) is 9.84 Å². The van der Waals surface area contributed by atoms with E-state index in [0.717, 1.165) is 30.4 Å². The minimum absolute atomic E-state index is 0.0656. The maximum atomic E-state index is 12.6. The van der Waals surface area contributed by atoms with E-state index in [2.05, 4.69) is 17.1 Å². The minimum Gasteiger partial charge on any atom is -0.497 e. The molecule has 0 spiro atoms. The Labute approximate surface area is 159 Å². The number of methoxy groups -OCH3 is 1. The topological polar surface area (TPSA) is 82.3 Å². The van der Waals surface area contributed by atoms with Crippen LogP contribution in [0.1, 0.15) is 31.2 Å². The largest absolute Gasteiger partial charge is 0.497 e. The highest BCUT2D eigenvalue weighted by Gasteiger charge is 2.20. The van der Waals surface area contributed by atoms with Crippen LogP contribution in [-0.2, 0) is 22.0 Å². The number of unbranched alkanes of at least 4 members (excludes halogenated alkanes) is 1. The van der Waals surface area contributed by atoms with Crippen LogP contribution in [-0.4, -0.2) is 25.7 Å². The molecular weight excluding hydrogens is 364 g/mol. The number of ether oxygens (including phenoxy) is 1. The van der Waals surface area contributed by atoms with Gasteiger partial charge < -0.3 is 9.26 Å². The first kappa shape index (κ1) is 19.1. The molecule has 1 heterocycles. The lowest BCUT2D eigenvalue weighted by Crippen LogP contribution is -2.05. The second-order valence-corrected chi connectivity index (χ2v) is 8.24. The Bertz CT molecular complexity index is 978. The zero-order valence-corrected chi connectivity index (χ0v) is 16.2. The molecule has 0 N–H and O–H groups in total. The first-order chi connectivity index (χ1) is 13.0. The molecule has 0 saturated heterocycles. The molecule has 1 aromatic heterocycles. The molecule has 27 heavy (non-hydrogen) atoms. The van der Waals surface area contributed by atoms with Gasteiger partial charge in [-0.2, -0.15) is 4.98 Å². The van der Waals surface area contributed by atoms with Crippen molar-refractivity contribution in [1.29, 1.82) is 0 Å². The van der Waals surface area contributed by atoms with Crippen molar-refractivity contribution >= 4 is 9.84 Å². The van der Waals surface area contributed by atoms with Gasteiger partial charge in [0.05, 0.1) is 12.0 Å². The van der Waals surface area contributed by atoms with Gasteiger partial charge in [0, 0.05) is 5.56 Å². The Kier molecular flexibility index (Phi) is 5.91. The summed E-state index contributed by atoms with van der Waals surface area (Å²) < 4.78 is 35.5. The molecule has 3 aromatic rings. The zero-order valence-electron chi connectivity index (χ0n) is 15.4. The number of benzene rings is 2. The second kappa shape index (κ2) is 8.35. The van der Waals surface area contributed by atoms with Crippen LogP contribution in [0.25, 0.3) is 11.4 Å². The van der Waals surface area contributed by atoms with Gasteiger partial charge in [-0.1, -0.05) is 30.6 Å². The number of sulfone groups is 1. The van der Waals surface area contributed by atoms with Crippen molar-refractivity contribution in [2.45, 2.75) is 36.8 Å². The molecule has 0 amide bonds. The monoisotopic (exact) mass is 386 g/mol. The maximum Gasteiger partial charge on any atom is 0.242 e. The molecule has 0 aliphatic heterocycles. The first-order valence-corrected chi connectivity index (χ1v) is 10.5. The number of nitrogens with zero attached hydrogens (tertiary/aromatic N) is 2. The van der Waals surface area contributed by atoms with Crippen molar-refractivity contribution < 1.29 is 17.7 Å². The van der Waals surface area contributed by atoms with Gasteiger partial charge in [-0.25, -0.2) is 8.42 Å². The van der Waals surface area contributed by atoms with Gasteiger partial charge in [-0.15, -0.1) is 0 Å². The van der Waals surface area contributed by atoms with Crippen LogP contribution in [0.2, 0.25) is 0 Å². The Morgan fingerprint density at radius 2 is 1.74 bits per heavy atom. The summed E-state index contributed by atoms with van der Waals surface area (Å²) in [4.78, 5) is 4.46. The molecule has 0 bridgehead atoms. The molecule has 0 aliphatic rings. The van der Waals surface area contributed by atoms with Gasteiger partial charge >= 0.3 is 0 Å². The highest BCUT2D eigenvalue weighted by atomic mass is 32.2. The lowest BCUT2D eigenvalue weighted by atomic mass is 10.1. The molecular formula is C20H22N2O4S. The quantitative estimate of drug-likeness (QED) is 0.580. The zero-order chi connectivity index (χ0) is 19.3. The van der Waals surface area contributed by atoms with Crippen LogP contribution in [0.3, 0.4) is 0 Å². The van der Waals surface area contributed by atoms with Gasteiger partial charge in [0.1, 0.15) is 11.5 Å². The van der Waals surface area contributed by atoms with E-state index in [1.54, 1.807) is 43.5 Å². The predicted octanol–water partition coefficient (Wildman–Crippen LogP) is 4.06.